The molecule has 5 nitrogen and oxygen atoms in total. The third-order valence-electron chi connectivity index (χ3n) is 3.44. The van der Waals surface area contributed by atoms with E-state index in [0.717, 1.165) is 19.3 Å². The van der Waals surface area contributed by atoms with E-state index in [1.165, 1.54) is 11.1 Å². The Labute approximate surface area is 113 Å². The third kappa shape index (κ3) is 4.19. The number of phenolic OH excluding ortho intramolecular Hbond substituents is 1. The van der Waals surface area contributed by atoms with Crippen molar-refractivity contribution in [2.45, 2.75) is 31.7 Å². The molecular formula is C13H20N2O3S. The van der Waals surface area contributed by atoms with Gasteiger partial charge in [-0.25, -0.2) is 13.6 Å². The molecule has 1 aromatic rings. The number of rotatable bonds is 5. The van der Waals surface area contributed by atoms with Crippen molar-refractivity contribution in [1.29, 1.82) is 0 Å². The first-order valence-corrected chi connectivity index (χ1v) is 8.23. The van der Waals surface area contributed by atoms with Crippen LogP contribution in [0.3, 0.4) is 0 Å². The Morgan fingerprint density at radius 3 is 2.95 bits per heavy atom. The number of phenols is 1. The van der Waals surface area contributed by atoms with Crippen molar-refractivity contribution in [2.24, 2.45) is 5.14 Å². The molecule has 1 aliphatic rings. The van der Waals surface area contributed by atoms with Crippen LogP contribution in [-0.4, -0.2) is 25.8 Å². The van der Waals surface area contributed by atoms with Gasteiger partial charge in [0.05, 0.1) is 5.75 Å². The second kappa shape index (κ2) is 5.90. The first-order valence-electron chi connectivity index (χ1n) is 6.51. The van der Waals surface area contributed by atoms with Gasteiger partial charge in [-0.3, -0.25) is 0 Å². The van der Waals surface area contributed by atoms with Crippen molar-refractivity contribution in [1.82, 2.24) is 5.32 Å². The highest BCUT2D eigenvalue weighted by Crippen LogP contribution is 2.31. The Hall–Kier alpha value is -1.11. The second-order valence-corrected chi connectivity index (χ2v) is 6.74. The molecule has 0 radical (unpaired) electrons. The molecule has 0 saturated carbocycles. The van der Waals surface area contributed by atoms with Crippen LogP contribution in [0.1, 0.15) is 36.4 Å². The number of hydrogen-bond donors (Lipinski definition) is 3. The molecule has 6 heteroatoms. The number of aromatic hydroxyl groups is 1. The van der Waals surface area contributed by atoms with Crippen LogP contribution in [0.25, 0.3) is 0 Å². The first-order chi connectivity index (χ1) is 8.96. The summed E-state index contributed by atoms with van der Waals surface area (Å²) in [5.74, 6) is 0.309. The zero-order valence-electron chi connectivity index (χ0n) is 10.8. The second-order valence-electron chi connectivity index (χ2n) is 5.00. The quantitative estimate of drug-likeness (QED) is 0.704. The molecular weight excluding hydrogens is 264 g/mol. The average Bonchev–Trinajstić information content (AvgIpc) is 2.33. The minimum atomic E-state index is -3.37. The van der Waals surface area contributed by atoms with Crippen molar-refractivity contribution in [3.8, 4) is 5.75 Å². The minimum Gasteiger partial charge on any atom is -0.508 e. The molecule has 0 amide bonds. The Bertz CT molecular complexity index is 543. The summed E-state index contributed by atoms with van der Waals surface area (Å²) in [5, 5.41) is 17.8. The maximum absolute atomic E-state index is 10.8. The van der Waals surface area contributed by atoms with Gasteiger partial charge in [-0.1, -0.05) is 6.07 Å². The predicted molar refractivity (Wildman–Crippen MR) is 74.4 cm³/mol. The summed E-state index contributed by atoms with van der Waals surface area (Å²) in [6.45, 7) is 0.626. The molecule has 4 N–H and O–H groups in total. The Kier molecular flexibility index (Phi) is 4.44. The van der Waals surface area contributed by atoms with Gasteiger partial charge in [-0.2, -0.15) is 0 Å². The van der Waals surface area contributed by atoms with E-state index in [2.05, 4.69) is 5.32 Å². The fourth-order valence-corrected chi connectivity index (χ4v) is 3.11. The standard InChI is InChI=1S/C13H20N2O3S/c14-19(17,18)8-2-7-15-13-4-1-3-10-9-11(16)5-6-12(10)13/h5-6,9,13,15-16H,1-4,7-8H2,(H2,14,17,18). The molecule has 0 fully saturated rings. The van der Waals surface area contributed by atoms with Gasteiger partial charge in [0.1, 0.15) is 5.75 Å². The van der Waals surface area contributed by atoms with Crippen LogP contribution in [-0.2, 0) is 16.4 Å². The lowest BCUT2D eigenvalue weighted by Gasteiger charge is -2.26. The van der Waals surface area contributed by atoms with E-state index in [0.29, 0.717) is 18.7 Å². The largest absolute Gasteiger partial charge is 0.508 e. The maximum atomic E-state index is 10.8. The minimum absolute atomic E-state index is 0.00908. The van der Waals surface area contributed by atoms with Crippen LogP contribution in [0.5, 0.6) is 5.75 Å². The molecule has 0 bridgehead atoms. The maximum Gasteiger partial charge on any atom is 0.209 e. The van der Waals surface area contributed by atoms with E-state index in [-0.39, 0.29) is 11.8 Å². The van der Waals surface area contributed by atoms with Crippen LogP contribution in [0.15, 0.2) is 18.2 Å². The van der Waals surface area contributed by atoms with Gasteiger partial charge in [-0.15, -0.1) is 0 Å². The van der Waals surface area contributed by atoms with Crippen molar-refractivity contribution in [2.75, 3.05) is 12.3 Å². The van der Waals surface area contributed by atoms with E-state index < -0.39 is 10.0 Å². The molecule has 1 unspecified atom stereocenters. The zero-order chi connectivity index (χ0) is 13.9. The number of hydrogen-bond acceptors (Lipinski definition) is 4. The zero-order valence-corrected chi connectivity index (χ0v) is 11.6. The van der Waals surface area contributed by atoms with E-state index in [1.807, 2.05) is 12.1 Å². The van der Waals surface area contributed by atoms with Gasteiger partial charge in [0.15, 0.2) is 0 Å². The van der Waals surface area contributed by atoms with Crippen LogP contribution in [0.4, 0.5) is 0 Å². The van der Waals surface area contributed by atoms with Crippen molar-refractivity contribution in [3.63, 3.8) is 0 Å². The van der Waals surface area contributed by atoms with Crippen molar-refractivity contribution >= 4 is 10.0 Å². The Morgan fingerprint density at radius 2 is 2.21 bits per heavy atom. The summed E-state index contributed by atoms with van der Waals surface area (Å²) in [6.07, 6.45) is 3.61. The molecule has 1 aliphatic carbocycles. The highest BCUT2D eigenvalue weighted by molar-refractivity contribution is 7.89. The molecule has 19 heavy (non-hydrogen) atoms. The lowest BCUT2D eigenvalue weighted by Crippen LogP contribution is -2.28. The summed E-state index contributed by atoms with van der Waals surface area (Å²) < 4.78 is 21.7. The SMILES string of the molecule is NS(=O)(=O)CCCNC1CCCc2cc(O)ccc21. The number of sulfonamides is 1. The van der Waals surface area contributed by atoms with Gasteiger partial charge in [0, 0.05) is 6.04 Å². The number of nitrogens with two attached hydrogens (primary N) is 1. The number of nitrogens with one attached hydrogen (secondary N) is 1. The Balaban J connectivity index is 1.93. The summed E-state index contributed by atoms with van der Waals surface area (Å²) in [7, 11) is -3.37. The number of fused-ring (bicyclic) bond motifs is 1. The highest BCUT2D eigenvalue weighted by Gasteiger charge is 2.19. The fraction of sp³-hybridized carbons (Fsp3) is 0.538. The fourth-order valence-electron chi connectivity index (χ4n) is 2.56. The highest BCUT2D eigenvalue weighted by atomic mass is 32.2. The molecule has 0 aliphatic heterocycles. The third-order valence-corrected chi connectivity index (χ3v) is 4.29. The number of benzene rings is 1. The van der Waals surface area contributed by atoms with Crippen LogP contribution < -0.4 is 10.5 Å². The summed E-state index contributed by atoms with van der Waals surface area (Å²) in [6, 6.07) is 5.70. The molecule has 0 heterocycles. The van der Waals surface area contributed by atoms with Gasteiger partial charge in [-0.05, 0) is 55.5 Å². The number of aryl methyl sites for hydroxylation is 1. The van der Waals surface area contributed by atoms with Crippen LogP contribution in [0, 0.1) is 0 Å². The summed E-state index contributed by atoms with van der Waals surface area (Å²) in [4.78, 5) is 0. The molecule has 106 valence electrons. The number of primary sulfonamides is 1. The molecule has 2 rings (SSSR count). The van der Waals surface area contributed by atoms with Gasteiger partial charge in [0.2, 0.25) is 10.0 Å². The summed E-state index contributed by atoms with van der Waals surface area (Å²) in [5.41, 5.74) is 2.38. The van der Waals surface area contributed by atoms with Crippen molar-refractivity contribution < 1.29 is 13.5 Å². The predicted octanol–water partition coefficient (Wildman–Crippen LogP) is 1.04. The molecule has 0 spiro atoms. The smallest absolute Gasteiger partial charge is 0.209 e. The average molecular weight is 284 g/mol. The monoisotopic (exact) mass is 284 g/mol. The normalized spacial score (nSPS) is 19.1. The van der Waals surface area contributed by atoms with E-state index in [1.54, 1.807) is 6.07 Å². The first kappa shape index (κ1) is 14.3. The van der Waals surface area contributed by atoms with E-state index in [9.17, 15) is 13.5 Å². The van der Waals surface area contributed by atoms with Crippen LogP contribution in [0.2, 0.25) is 0 Å². The van der Waals surface area contributed by atoms with E-state index in [4.69, 9.17) is 5.14 Å². The van der Waals surface area contributed by atoms with Gasteiger partial charge < -0.3 is 10.4 Å². The van der Waals surface area contributed by atoms with Gasteiger partial charge in [0.25, 0.3) is 0 Å². The molecule has 1 aromatic carbocycles. The lowest BCUT2D eigenvalue weighted by molar-refractivity contribution is 0.450. The molecule has 0 aromatic heterocycles. The van der Waals surface area contributed by atoms with E-state index >= 15 is 0 Å². The summed E-state index contributed by atoms with van der Waals surface area (Å²) >= 11 is 0. The molecule has 1 atom stereocenters. The van der Waals surface area contributed by atoms with Gasteiger partial charge >= 0.3 is 0 Å². The van der Waals surface area contributed by atoms with Crippen LogP contribution >= 0.6 is 0 Å². The topological polar surface area (TPSA) is 92.4 Å². The van der Waals surface area contributed by atoms with Crippen molar-refractivity contribution in [3.05, 3.63) is 29.3 Å². The Morgan fingerprint density at radius 1 is 1.42 bits per heavy atom. The molecule has 0 saturated heterocycles. The lowest BCUT2D eigenvalue weighted by atomic mass is 9.87.